The van der Waals surface area contributed by atoms with Crippen molar-refractivity contribution in [2.45, 2.75) is 38.1 Å². The third-order valence-corrected chi connectivity index (χ3v) is 6.04. The summed E-state index contributed by atoms with van der Waals surface area (Å²) in [5, 5.41) is 12.8. The molecular formula is C23H29N5O4. The highest BCUT2D eigenvalue weighted by molar-refractivity contribution is 5.78. The van der Waals surface area contributed by atoms with E-state index >= 15 is 0 Å². The predicted octanol–water partition coefficient (Wildman–Crippen LogP) is 2.73. The standard InChI is InChI=1S/C23H29N5O4/c1-32-20-9-7-17(15-25-20)19(14-21(29)30)28-13-12-27(23(28)31)11-3-5-18-8-6-16-4-2-10-24-22(16)26-18/h6-9,15,19H,2-5,10-14H2,1H3,(H,24,26)(H,29,30). The maximum atomic E-state index is 13.0. The number of urea groups is 1. The van der Waals surface area contributed by atoms with Crippen molar-refractivity contribution in [3.63, 3.8) is 0 Å². The number of amides is 2. The van der Waals surface area contributed by atoms with E-state index in [0.717, 1.165) is 43.7 Å². The van der Waals surface area contributed by atoms with Crippen LogP contribution in [0.15, 0.2) is 30.5 Å². The fraction of sp³-hybridized carbons (Fsp3) is 0.478. The van der Waals surface area contributed by atoms with E-state index in [1.807, 2.05) is 0 Å². The molecule has 2 amide bonds. The fourth-order valence-corrected chi connectivity index (χ4v) is 4.34. The summed E-state index contributed by atoms with van der Waals surface area (Å²) in [5.41, 5.74) is 2.98. The van der Waals surface area contributed by atoms with Crippen LogP contribution in [0.5, 0.6) is 5.88 Å². The molecule has 0 radical (unpaired) electrons. The minimum absolute atomic E-state index is 0.132. The van der Waals surface area contributed by atoms with Gasteiger partial charge in [0, 0.05) is 44.1 Å². The molecule has 9 nitrogen and oxygen atoms in total. The molecule has 4 rings (SSSR count). The molecule has 0 saturated carbocycles. The molecule has 0 aromatic carbocycles. The number of anilines is 1. The number of aliphatic carboxylic acids is 1. The number of methoxy groups -OCH3 is 1. The highest BCUT2D eigenvalue weighted by Crippen LogP contribution is 2.29. The Kier molecular flexibility index (Phi) is 6.72. The minimum atomic E-state index is -0.954. The second kappa shape index (κ2) is 9.84. The van der Waals surface area contributed by atoms with Crippen LogP contribution in [0.2, 0.25) is 0 Å². The molecule has 2 aromatic heterocycles. The molecule has 1 fully saturated rings. The van der Waals surface area contributed by atoms with Gasteiger partial charge in [-0.2, -0.15) is 0 Å². The van der Waals surface area contributed by atoms with Gasteiger partial charge in [0.25, 0.3) is 0 Å². The number of carboxylic acids is 1. The summed E-state index contributed by atoms with van der Waals surface area (Å²) in [6.07, 6.45) is 5.21. The van der Waals surface area contributed by atoms with Crippen LogP contribution in [0, 0.1) is 0 Å². The van der Waals surface area contributed by atoms with Gasteiger partial charge in [0.05, 0.1) is 19.6 Å². The number of ether oxygens (including phenoxy) is 1. The number of nitrogens with zero attached hydrogens (tertiary/aromatic N) is 4. The quantitative estimate of drug-likeness (QED) is 0.618. The number of pyridine rings is 2. The molecule has 9 heteroatoms. The molecule has 1 unspecified atom stereocenters. The summed E-state index contributed by atoms with van der Waals surface area (Å²) in [6.45, 7) is 2.65. The Morgan fingerprint density at radius 2 is 2.16 bits per heavy atom. The Hall–Kier alpha value is -3.36. The van der Waals surface area contributed by atoms with Gasteiger partial charge in [0.2, 0.25) is 5.88 Å². The minimum Gasteiger partial charge on any atom is -0.481 e. The summed E-state index contributed by atoms with van der Waals surface area (Å²) >= 11 is 0. The lowest BCUT2D eigenvalue weighted by molar-refractivity contribution is -0.138. The van der Waals surface area contributed by atoms with Gasteiger partial charge in [-0.25, -0.2) is 14.8 Å². The van der Waals surface area contributed by atoms with Crippen LogP contribution in [0.4, 0.5) is 10.6 Å². The van der Waals surface area contributed by atoms with E-state index in [9.17, 15) is 14.7 Å². The summed E-state index contributed by atoms with van der Waals surface area (Å²) in [6, 6.07) is 6.98. The van der Waals surface area contributed by atoms with Crippen LogP contribution in [-0.4, -0.2) is 70.2 Å². The van der Waals surface area contributed by atoms with Crippen molar-refractivity contribution < 1.29 is 19.4 Å². The number of nitrogens with one attached hydrogen (secondary N) is 1. The average Bonchev–Trinajstić information content (AvgIpc) is 3.17. The number of aromatic nitrogens is 2. The van der Waals surface area contributed by atoms with Gasteiger partial charge in [-0.05, 0) is 42.9 Å². The number of aryl methyl sites for hydroxylation is 2. The number of carbonyl (C=O) groups is 2. The van der Waals surface area contributed by atoms with Crippen LogP contribution < -0.4 is 10.1 Å². The van der Waals surface area contributed by atoms with Crippen molar-refractivity contribution in [1.29, 1.82) is 0 Å². The third kappa shape index (κ3) is 4.92. The van der Waals surface area contributed by atoms with E-state index in [0.29, 0.717) is 31.1 Å². The second-order valence-corrected chi connectivity index (χ2v) is 8.15. The Labute approximate surface area is 187 Å². The molecule has 1 atom stereocenters. The van der Waals surface area contributed by atoms with E-state index in [1.165, 1.54) is 12.7 Å². The summed E-state index contributed by atoms with van der Waals surface area (Å²) < 4.78 is 5.08. The molecule has 2 N–H and O–H groups in total. The van der Waals surface area contributed by atoms with Crippen molar-refractivity contribution in [2.24, 2.45) is 0 Å². The largest absolute Gasteiger partial charge is 0.481 e. The van der Waals surface area contributed by atoms with Crippen LogP contribution in [-0.2, 0) is 17.6 Å². The highest BCUT2D eigenvalue weighted by atomic mass is 16.5. The summed E-state index contributed by atoms with van der Waals surface area (Å²) in [7, 11) is 1.52. The molecule has 2 aliphatic rings. The first-order valence-electron chi connectivity index (χ1n) is 11.0. The summed E-state index contributed by atoms with van der Waals surface area (Å²) in [5.74, 6) is 0.481. The van der Waals surface area contributed by atoms with E-state index in [-0.39, 0.29) is 12.5 Å². The molecule has 2 aliphatic heterocycles. The van der Waals surface area contributed by atoms with E-state index < -0.39 is 12.0 Å². The lowest BCUT2D eigenvalue weighted by Gasteiger charge is -2.27. The van der Waals surface area contributed by atoms with Crippen molar-refractivity contribution in [3.8, 4) is 5.88 Å². The lowest BCUT2D eigenvalue weighted by Crippen LogP contribution is -2.36. The highest BCUT2D eigenvalue weighted by Gasteiger charge is 2.35. The smallest absolute Gasteiger partial charge is 0.320 e. The zero-order chi connectivity index (χ0) is 22.5. The van der Waals surface area contributed by atoms with Gasteiger partial charge in [-0.1, -0.05) is 12.1 Å². The van der Waals surface area contributed by atoms with Crippen LogP contribution in [0.1, 0.15) is 42.1 Å². The van der Waals surface area contributed by atoms with E-state index in [2.05, 4.69) is 22.4 Å². The van der Waals surface area contributed by atoms with Crippen LogP contribution >= 0.6 is 0 Å². The van der Waals surface area contributed by atoms with Crippen molar-refractivity contribution in [3.05, 3.63) is 47.3 Å². The molecule has 170 valence electrons. The van der Waals surface area contributed by atoms with Crippen molar-refractivity contribution >= 4 is 17.8 Å². The molecule has 0 spiro atoms. The molecule has 2 aromatic rings. The van der Waals surface area contributed by atoms with Gasteiger partial charge in [0.1, 0.15) is 5.82 Å². The second-order valence-electron chi connectivity index (χ2n) is 8.15. The molecular weight excluding hydrogens is 410 g/mol. The third-order valence-electron chi connectivity index (χ3n) is 6.04. The number of hydrogen-bond donors (Lipinski definition) is 2. The number of fused-ring (bicyclic) bond motifs is 1. The normalized spacial score (nSPS) is 16.5. The van der Waals surface area contributed by atoms with Gasteiger partial charge in [0.15, 0.2) is 0 Å². The van der Waals surface area contributed by atoms with E-state index in [4.69, 9.17) is 9.72 Å². The molecule has 0 aliphatic carbocycles. The lowest BCUT2D eigenvalue weighted by atomic mass is 10.0. The first-order chi connectivity index (χ1) is 15.5. The summed E-state index contributed by atoms with van der Waals surface area (Å²) in [4.78, 5) is 36.8. The number of carbonyl (C=O) groups excluding carboxylic acids is 1. The fourth-order valence-electron chi connectivity index (χ4n) is 4.34. The van der Waals surface area contributed by atoms with Gasteiger partial charge in [-0.3, -0.25) is 4.79 Å². The Balaban J connectivity index is 1.36. The van der Waals surface area contributed by atoms with Crippen LogP contribution in [0.3, 0.4) is 0 Å². The predicted molar refractivity (Wildman–Crippen MR) is 119 cm³/mol. The van der Waals surface area contributed by atoms with Crippen molar-refractivity contribution in [1.82, 2.24) is 19.8 Å². The zero-order valence-electron chi connectivity index (χ0n) is 18.3. The maximum Gasteiger partial charge on any atom is 0.320 e. The monoisotopic (exact) mass is 439 g/mol. The molecule has 4 heterocycles. The molecule has 0 bridgehead atoms. The van der Waals surface area contributed by atoms with Gasteiger partial charge in [-0.15, -0.1) is 0 Å². The maximum absolute atomic E-state index is 13.0. The Morgan fingerprint density at radius 1 is 1.28 bits per heavy atom. The zero-order valence-corrected chi connectivity index (χ0v) is 18.3. The Morgan fingerprint density at radius 3 is 2.91 bits per heavy atom. The molecule has 1 saturated heterocycles. The van der Waals surface area contributed by atoms with E-state index in [1.54, 1.807) is 28.1 Å². The van der Waals surface area contributed by atoms with Gasteiger partial charge < -0.3 is 25.0 Å². The first kappa shape index (κ1) is 21.9. The van der Waals surface area contributed by atoms with Crippen molar-refractivity contribution in [2.75, 3.05) is 38.6 Å². The number of rotatable bonds is 9. The average molecular weight is 440 g/mol. The van der Waals surface area contributed by atoms with Gasteiger partial charge >= 0.3 is 12.0 Å². The Bertz CT molecular complexity index is 965. The number of hydrogen-bond acceptors (Lipinski definition) is 6. The van der Waals surface area contributed by atoms with Crippen LogP contribution in [0.25, 0.3) is 0 Å². The first-order valence-corrected chi connectivity index (χ1v) is 11.0. The molecule has 32 heavy (non-hydrogen) atoms. The topological polar surface area (TPSA) is 108 Å². The number of carboxylic acid groups (broad SMARTS) is 1. The SMILES string of the molecule is COc1ccc(C(CC(=O)O)N2CCN(CCCc3ccc4c(n3)NCCC4)C2=O)cn1.